The van der Waals surface area contributed by atoms with Gasteiger partial charge >= 0.3 is 0 Å². The van der Waals surface area contributed by atoms with Crippen LogP contribution >= 0.6 is 0 Å². The Morgan fingerprint density at radius 3 is 3.20 bits per heavy atom. The van der Waals surface area contributed by atoms with Gasteiger partial charge < -0.3 is 20.3 Å². The minimum Gasteiger partial charge on any atom is -0.392 e. The van der Waals surface area contributed by atoms with Crippen LogP contribution in [0.15, 0.2) is 17.2 Å². The number of H-pyrrole nitrogens is 1. The van der Waals surface area contributed by atoms with Gasteiger partial charge in [-0.05, 0) is 13.5 Å². The molecule has 2 atom stereocenters. The molecule has 1 fully saturated rings. The Hall–Kier alpha value is -1.73. The maximum absolute atomic E-state index is 12.0. The van der Waals surface area contributed by atoms with Crippen molar-refractivity contribution >= 4 is 5.91 Å². The van der Waals surface area contributed by atoms with Crippen molar-refractivity contribution in [2.45, 2.75) is 18.9 Å². The summed E-state index contributed by atoms with van der Waals surface area (Å²) >= 11 is 0. The Labute approximate surface area is 117 Å². The zero-order valence-electron chi connectivity index (χ0n) is 11.5. The molecule has 1 aromatic rings. The van der Waals surface area contributed by atoms with Crippen LogP contribution in [0, 0.1) is 5.92 Å². The van der Waals surface area contributed by atoms with E-state index in [4.69, 9.17) is 0 Å². The number of amides is 1. The fraction of sp³-hybridized carbons (Fsp3) is 0.615. The lowest BCUT2D eigenvalue weighted by atomic mass is 9.94. The first-order valence-electron chi connectivity index (χ1n) is 6.74. The van der Waals surface area contributed by atoms with E-state index in [-0.39, 0.29) is 17.4 Å². The maximum Gasteiger partial charge on any atom is 0.250 e. The second-order valence-electron chi connectivity index (χ2n) is 5.17. The molecule has 7 nitrogen and oxygen atoms in total. The van der Waals surface area contributed by atoms with Crippen LogP contribution in [0.1, 0.15) is 12.1 Å². The normalized spacial score (nSPS) is 23.5. The van der Waals surface area contributed by atoms with Crippen molar-refractivity contribution in [1.29, 1.82) is 0 Å². The van der Waals surface area contributed by atoms with E-state index in [1.165, 1.54) is 12.4 Å². The number of carbonyl (C=O) groups excluding carboxylic acids is 1. The number of piperidine rings is 1. The van der Waals surface area contributed by atoms with Crippen molar-refractivity contribution in [3.63, 3.8) is 0 Å². The summed E-state index contributed by atoms with van der Waals surface area (Å²) in [5.41, 5.74) is 0.431. The van der Waals surface area contributed by atoms with Crippen molar-refractivity contribution in [2.75, 3.05) is 26.7 Å². The number of aromatic nitrogens is 2. The van der Waals surface area contributed by atoms with Crippen molar-refractivity contribution in [2.24, 2.45) is 5.92 Å². The lowest BCUT2D eigenvalue weighted by Gasteiger charge is -2.32. The maximum atomic E-state index is 12.0. The Balaban J connectivity index is 1.81. The van der Waals surface area contributed by atoms with Crippen LogP contribution in [-0.2, 0) is 11.2 Å². The molecule has 1 aliphatic rings. The van der Waals surface area contributed by atoms with Gasteiger partial charge in [0, 0.05) is 37.8 Å². The van der Waals surface area contributed by atoms with Gasteiger partial charge in [0.1, 0.15) is 0 Å². The number of hydrogen-bond acceptors (Lipinski definition) is 5. The minimum atomic E-state index is -0.580. The smallest absolute Gasteiger partial charge is 0.250 e. The molecule has 0 radical (unpaired) electrons. The van der Waals surface area contributed by atoms with Gasteiger partial charge in [0.25, 0.3) is 5.56 Å². The van der Waals surface area contributed by atoms with Crippen molar-refractivity contribution in [3.05, 3.63) is 28.4 Å². The SMILES string of the molecule is CN1CC[C@H](O)[C@H](C(=O)NCCc2cc(=O)[nH]cn2)C1. The molecule has 7 heteroatoms. The predicted octanol–water partition coefficient (Wildman–Crippen LogP) is -1.26. The average Bonchev–Trinajstić information content (AvgIpc) is 2.41. The minimum absolute atomic E-state index is 0.145. The van der Waals surface area contributed by atoms with E-state index in [2.05, 4.69) is 15.3 Å². The van der Waals surface area contributed by atoms with Gasteiger partial charge in [0.2, 0.25) is 5.91 Å². The van der Waals surface area contributed by atoms with Crippen molar-refractivity contribution in [3.8, 4) is 0 Å². The second-order valence-corrected chi connectivity index (χ2v) is 5.17. The van der Waals surface area contributed by atoms with Crippen molar-refractivity contribution < 1.29 is 9.90 Å². The number of aromatic amines is 1. The van der Waals surface area contributed by atoms with E-state index < -0.39 is 6.10 Å². The molecule has 110 valence electrons. The Morgan fingerprint density at radius 1 is 1.65 bits per heavy atom. The summed E-state index contributed by atoms with van der Waals surface area (Å²) in [5, 5.41) is 12.7. The van der Waals surface area contributed by atoms with Crippen LogP contribution in [0.25, 0.3) is 0 Å². The van der Waals surface area contributed by atoms with Gasteiger partial charge in [-0.15, -0.1) is 0 Å². The number of hydrogen-bond donors (Lipinski definition) is 3. The van der Waals surface area contributed by atoms with Crippen LogP contribution in [-0.4, -0.2) is 58.7 Å². The van der Waals surface area contributed by atoms with E-state index in [9.17, 15) is 14.7 Å². The topological polar surface area (TPSA) is 98.3 Å². The van der Waals surface area contributed by atoms with E-state index in [0.717, 1.165) is 6.54 Å². The molecule has 1 saturated heterocycles. The first-order valence-corrected chi connectivity index (χ1v) is 6.74. The van der Waals surface area contributed by atoms with Crippen LogP contribution in [0.3, 0.4) is 0 Å². The summed E-state index contributed by atoms with van der Waals surface area (Å²) in [6.45, 7) is 1.78. The third-order valence-corrected chi connectivity index (χ3v) is 3.53. The second kappa shape index (κ2) is 6.62. The summed E-state index contributed by atoms with van der Waals surface area (Å²) in [7, 11) is 1.94. The predicted molar refractivity (Wildman–Crippen MR) is 73.2 cm³/mol. The first-order chi connectivity index (χ1) is 9.56. The quantitative estimate of drug-likeness (QED) is 0.639. The fourth-order valence-electron chi connectivity index (χ4n) is 2.35. The largest absolute Gasteiger partial charge is 0.392 e. The number of aliphatic hydroxyl groups excluding tert-OH is 1. The van der Waals surface area contributed by atoms with Gasteiger partial charge in [-0.3, -0.25) is 9.59 Å². The first kappa shape index (κ1) is 14.7. The number of likely N-dealkylation sites (tertiary alicyclic amines) is 1. The number of aliphatic hydroxyl groups is 1. The monoisotopic (exact) mass is 280 g/mol. The number of nitrogens with zero attached hydrogens (tertiary/aromatic N) is 2. The van der Waals surface area contributed by atoms with E-state index in [0.29, 0.717) is 31.6 Å². The third-order valence-electron chi connectivity index (χ3n) is 3.53. The van der Waals surface area contributed by atoms with Crippen molar-refractivity contribution in [1.82, 2.24) is 20.2 Å². The lowest BCUT2D eigenvalue weighted by molar-refractivity contribution is -0.131. The molecular formula is C13H20N4O3. The molecule has 2 rings (SSSR count). The molecule has 1 aliphatic heterocycles. The standard InChI is InChI=1S/C13H20N4O3/c1-17-5-3-11(18)10(7-17)13(20)14-4-2-9-6-12(19)16-8-15-9/h6,8,10-11,18H,2-5,7H2,1H3,(H,14,20)(H,15,16,19)/t10-,11+/m1/s1. The highest BCUT2D eigenvalue weighted by atomic mass is 16.3. The molecule has 2 heterocycles. The number of carbonyl (C=O) groups is 1. The van der Waals surface area contributed by atoms with Gasteiger partial charge in [0.15, 0.2) is 0 Å². The van der Waals surface area contributed by atoms with Gasteiger partial charge in [-0.2, -0.15) is 0 Å². The van der Waals surface area contributed by atoms with Gasteiger partial charge in [0.05, 0.1) is 18.3 Å². The molecule has 0 bridgehead atoms. The molecule has 3 N–H and O–H groups in total. The molecular weight excluding hydrogens is 260 g/mol. The number of nitrogens with one attached hydrogen (secondary N) is 2. The molecule has 0 spiro atoms. The Bertz CT molecular complexity index is 516. The summed E-state index contributed by atoms with van der Waals surface area (Å²) in [5.74, 6) is -0.533. The van der Waals surface area contributed by atoms with E-state index in [1.54, 1.807) is 0 Å². The Morgan fingerprint density at radius 2 is 2.45 bits per heavy atom. The molecule has 0 saturated carbocycles. The number of rotatable bonds is 4. The summed E-state index contributed by atoms with van der Waals surface area (Å²) in [6.07, 6.45) is 1.88. The molecule has 1 amide bonds. The molecule has 1 aromatic heterocycles. The van der Waals surface area contributed by atoms with Crippen LogP contribution < -0.4 is 10.9 Å². The van der Waals surface area contributed by atoms with Crippen LogP contribution in [0.2, 0.25) is 0 Å². The van der Waals surface area contributed by atoms with Gasteiger partial charge in [-0.25, -0.2) is 4.98 Å². The van der Waals surface area contributed by atoms with Gasteiger partial charge in [-0.1, -0.05) is 0 Å². The van der Waals surface area contributed by atoms with E-state index in [1.807, 2.05) is 11.9 Å². The highest BCUT2D eigenvalue weighted by Crippen LogP contribution is 2.15. The van der Waals surface area contributed by atoms with E-state index >= 15 is 0 Å². The molecule has 0 aliphatic carbocycles. The molecule has 0 unspecified atom stereocenters. The molecule has 20 heavy (non-hydrogen) atoms. The summed E-state index contributed by atoms with van der Waals surface area (Å²) in [4.78, 5) is 31.6. The Kier molecular flexibility index (Phi) is 4.86. The highest BCUT2D eigenvalue weighted by Gasteiger charge is 2.31. The zero-order valence-corrected chi connectivity index (χ0v) is 11.5. The summed E-state index contributed by atoms with van der Waals surface area (Å²) in [6, 6.07) is 1.41. The van der Waals surface area contributed by atoms with Crippen LogP contribution in [0.5, 0.6) is 0 Å². The third kappa shape index (κ3) is 3.88. The van der Waals surface area contributed by atoms with Crippen LogP contribution in [0.4, 0.5) is 0 Å². The summed E-state index contributed by atoms with van der Waals surface area (Å²) < 4.78 is 0. The highest BCUT2D eigenvalue weighted by molar-refractivity contribution is 5.79. The fourth-order valence-corrected chi connectivity index (χ4v) is 2.35. The average molecular weight is 280 g/mol. The molecule has 0 aromatic carbocycles. The zero-order chi connectivity index (χ0) is 14.5. The lowest BCUT2D eigenvalue weighted by Crippen LogP contribution is -2.49.